The van der Waals surface area contributed by atoms with Crippen molar-refractivity contribution in [2.75, 3.05) is 6.61 Å². The number of nitrogens with two attached hydrogens (primary N) is 1. The van der Waals surface area contributed by atoms with Gasteiger partial charge in [-0.05, 0) is 48.0 Å². The molecule has 0 aliphatic rings. The van der Waals surface area contributed by atoms with Gasteiger partial charge in [0, 0.05) is 13.5 Å². The molecule has 0 fully saturated rings. The summed E-state index contributed by atoms with van der Waals surface area (Å²) >= 11 is 0. The van der Waals surface area contributed by atoms with E-state index in [1.165, 1.54) is 0 Å². The highest BCUT2D eigenvalue weighted by molar-refractivity contribution is 7.46. The lowest BCUT2D eigenvalue weighted by molar-refractivity contribution is -0.101. The van der Waals surface area contributed by atoms with Crippen LogP contribution in [-0.4, -0.2) is 29.4 Å². The highest BCUT2D eigenvalue weighted by Gasteiger charge is 2.47. The normalized spacial score (nSPS) is 17.1. The Morgan fingerprint density at radius 2 is 1.67 bits per heavy atom. The fraction of sp³-hybridized carbons (Fsp3) is 1.00. The molecule has 0 spiro atoms. The number of rotatable bonds is 8. The molecule has 0 bridgehead atoms. The molecule has 2 atom stereocenters. The average Bonchev–Trinajstić information content (AvgIpc) is 2.13. The van der Waals surface area contributed by atoms with Crippen LogP contribution in [-0.2, 0) is 14.0 Å². The van der Waals surface area contributed by atoms with E-state index in [0.717, 1.165) is 6.42 Å². The van der Waals surface area contributed by atoms with E-state index in [0.29, 0.717) is 6.61 Å². The van der Waals surface area contributed by atoms with Gasteiger partial charge in [0.2, 0.25) is 0 Å². The van der Waals surface area contributed by atoms with Crippen LogP contribution >= 0.6 is 7.80 Å². The van der Waals surface area contributed by atoms with E-state index < -0.39 is 18.9 Å². The second kappa shape index (κ2) is 6.95. The molecule has 0 amide bonds. The molecule has 2 unspecified atom stereocenters. The molecule has 0 aromatic heterocycles. The molecular formula is C13H29NO3P+. The smallest absolute Gasteiger partial charge is 0.379 e. The Morgan fingerprint density at radius 3 is 2.06 bits per heavy atom. The van der Waals surface area contributed by atoms with Gasteiger partial charge < -0.3 is 9.47 Å². The van der Waals surface area contributed by atoms with Crippen molar-refractivity contribution in [1.29, 1.82) is 0 Å². The van der Waals surface area contributed by atoms with Gasteiger partial charge in [-0.25, -0.2) is 0 Å². The van der Waals surface area contributed by atoms with E-state index in [9.17, 15) is 4.57 Å². The SMILES string of the molecule is CC(C)OCCC(C)(C)OC(C)(N)[P+](=O)C(C)C. The van der Waals surface area contributed by atoms with Crippen molar-refractivity contribution in [3.05, 3.63) is 0 Å². The summed E-state index contributed by atoms with van der Waals surface area (Å²) in [7, 11) is -1.61. The fourth-order valence-electron chi connectivity index (χ4n) is 1.71. The quantitative estimate of drug-likeness (QED) is 0.545. The van der Waals surface area contributed by atoms with Crippen molar-refractivity contribution in [2.45, 2.75) is 77.7 Å². The summed E-state index contributed by atoms with van der Waals surface area (Å²) in [5.41, 5.74) is 4.51. The lowest BCUT2D eigenvalue weighted by Crippen LogP contribution is -2.45. The molecule has 0 rings (SSSR count). The molecular weight excluding hydrogens is 249 g/mol. The Labute approximate surface area is 112 Å². The van der Waals surface area contributed by atoms with Gasteiger partial charge in [0.1, 0.15) is 0 Å². The van der Waals surface area contributed by atoms with Crippen molar-refractivity contribution in [1.82, 2.24) is 0 Å². The largest absolute Gasteiger partial charge is 0.392 e. The number of hydrogen-bond acceptors (Lipinski definition) is 4. The van der Waals surface area contributed by atoms with Crippen LogP contribution in [0.25, 0.3) is 0 Å². The first-order valence-corrected chi connectivity index (χ1v) is 7.88. The van der Waals surface area contributed by atoms with Crippen LogP contribution in [0.5, 0.6) is 0 Å². The van der Waals surface area contributed by atoms with Crippen LogP contribution < -0.4 is 5.73 Å². The fourth-order valence-corrected chi connectivity index (χ4v) is 3.07. The third kappa shape index (κ3) is 6.79. The van der Waals surface area contributed by atoms with Crippen LogP contribution in [0, 0.1) is 0 Å². The van der Waals surface area contributed by atoms with Gasteiger partial charge >= 0.3 is 13.3 Å². The summed E-state index contributed by atoms with van der Waals surface area (Å²) in [6.45, 7) is 14.0. The predicted octanol–water partition coefficient (Wildman–Crippen LogP) is 3.46. The van der Waals surface area contributed by atoms with E-state index in [4.69, 9.17) is 15.2 Å². The molecule has 2 N–H and O–H groups in total. The Hall–Kier alpha value is -0.0200. The minimum atomic E-state index is -1.61. The summed E-state index contributed by atoms with van der Waals surface area (Å²) in [4.78, 5) is 0. The molecule has 0 aliphatic heterocycles. The van der Waals surface area contributed by atoms with E-state index in [-0.39, 0.29) is 11.8 Å². The van der Waals surface area contributed by atoms with Crippen molar-refractivity contribution >= 4 is 7.80 Å². The number of hydrogen-bond donors (Lipinski definition) is 1. The van der Waals surface area contributed by atoms with Crippen molar-refractivity contribution in [3.63, 3.8) is 0 Å². The van der Waals surface area contributed by atoms with Gasteiger partial charge in [-0.15, -0.1) is 0 Å². The molecule has 0 aliphatic carbocycles. The summed E-state index contributed by atoms with van der Waals surface area (Å²) in [5.74, 6) is 0. The first kappa shape index (κ1) is 18.0. The molecule has 0 aromatic rings. The average molecular weight is 278 g/mol. The van der Waals surface area contributed by atoms with E-state index in [1.807, 2.05) is 41.5 Å². The summed E-state index contributed by atoms with van der Waals surface area (Å²) < 4.78 is 23.4. The lowest BCUT2D eigenvalue weighted by Gasteiger charge is -2.30. The lowest BCUT2D eigenvalue weighted by atomic mass is 10.1. The Morgan fingerprint density at radius 1 is 1.17 bits per heavy atom. The molecule has 0 radical (unpaired) electrons. The highest BCUT2D eigenvalue weighted by atomic mass is 31.1. The number of ether oxygens (including phenoxy) is 2. The third-order valence-electron chi connectivity index (χ3n) is 2.54. The first-order chi connectivity index (χ1) is 7.98. The van der Waals surface area contributed by atoms with Crippen LogP contribution in [0.15, 0.2) is 0 Å². The predicted molar refractivity (Wildman–Crippen MR) is 76.2 cm³/mol. The summed E-state index contributed by atoms with van der Waals surface area (Å²) in [5, 5.41) is 0. The zero-order valence-corrected chi connectivity index (χ0v) is 13.7. The van der Waals surface area contributed by atoms with Crippen molar-refractivity contribution < 1.29 is 14.0 Å². The standard InChI is InChI=1S/C13H29NO3P/c1-10(2)16-9-8-12(5,6)17-13(7,14)18(15)11(3)4/h10-11H,8-9,14H2,1-7H3/q+1. The van der Waals surface area contributed by atoms with Gasteiger partial charge in [0.05, 0.1) is 11.7 Å². The molecule has 18 heavy (non-hydrogen) atoms. The van der Waals surface area contributed by atoms with Crippen LogP contribution in [0.3, 0.4) is 0 Å². The maximum Gasteiger partial charge on any atom is 0.392 e. The summed E-state index contributed by atoms with van der Waals surface area (Å²) in [6, 6.07) is 0. The van der Waals surface area contributed by atoms with Gasteiger partial charge in [0.25, 0.3) is 0 Å². The molecule has 0 saturated carbocycles. The van der Waals surface area contributed by atoms with Crippen molar-refractivity contribution in [3.8, 4) is 0 Å². The maximum atomic E-state index is 12.1. The van der Waals surface area contributed by atoms with Crippen LogP contribution in [0.1, 0.15) is 54.9 Å². The Bertz CT molecular complexity index is 275. The molecule has 0 aromatic carbocycles. The molecule has 108 valence electrons. The van der Waals surface area contributed by atoms with Gasteiger partial charge in [-0.3, -0.25) is 5.73 Å². The minimum absolute atomic E-state index is 0.0118. The molecule has 0 heterocycles. The Balaban J connectivity index is 4.41. The zero-order chi connectivity index (χ0) is 14.6. The van der Waals surface area contributed by atoms with Gasteiger partial charge in [-0.2, -0.15) is 0 Å². The monoisotopic (exact) mass is 278 g/mol. The summed E-state index contributed by atoms with van der Waals surface area (Å²) in [6.07, 6.45) is 0.927. The highest BCUT2D eigenvalue weighted by Crippen LogP contribution is 2.42. The first-order valence-electron chi connectivity index (χ1n) is 6.55. The van der Waals surface area contributed by atoms with Crippen LogP contribution in [0.4, 0.5) is 0 Å². The minimum Gasteiger partial charge on any atom is -0.379 e. The van der Waals surface area contributed by atoms with Gasteiger partial charge in [0.15, 0.2) is 5.66 Å². The Kier molecular flexibility index (Phi) is 6.94. The van der Waals surface area contributed by atoms with E-state index in [2.05, 4.69) is 0 Å². The zero-order valence-electron chi connectivity index (χ0n) is 12.8. The van der Waals surface area contributed by atoms with Gasteiger partial charge in [-0.1, -0.05) is 4.57 Å². The molecule has 4 nitrogen and oxygen atoms in total. The topological polar surface area (TPSA) is 61.6 Å². The second-order valence-corrected chi connectivity index (χ2v) is 8.58. The maximum absolute atomic E-state index is 12.1. The van der Waals surface area contributed by atoms with Crippen molar-refractivity contribution in [2.24, 2.45) is 5.73 Å². The third-order valence-corrected chi connectivity index (χ3v) is 4.45. The second-order valence-electron chi connectivity index (χ2n) is 6.01. The molecule has 0 saturated heterocycles. The van der Waals surface area contributed by atoms with E-state index >= 15 is 0 Å². The molecule has 5 heteroatoms. The van der Waals surface area contributed by atoms with Crippen LogP contribution in [0.2, 0.25) is 0 Å². The van der Waals surface area contributed by atoms with E-state index in [1.54, 1.807) is 6.92 Å².